The zero-order valence-electron chi connectivity index (χ0n) is 11.2. The Balaban J connectivity index is 2.25. The summed E-state index contributed by atoms with van der Waals surface area (Å²) in [6.45, 7) is 4.01. The van der Waals surface area contributed by atoms with Gasteiger partial charge in [-0.1, -0.05) is 23.7 Å². The van der Waals surface area contributed by atoms with Gasteiger partial charge < -0.3 is 15.8 Å². The molecule has 3 N–H and O–H groups in total. The maximum absolute atomic E-state index is 6.21. The van der Waals surface area contributed by atoms with E-state index in [1.165, 1.54) is 0 Å². The second-order valence-corrected chi connectivity index (χ2v) is 5.35. The average Bonchev–Trinajstić information content (AvgIpc) is 2.36. The maximum atomic E-state index is 6.21. The molecule has 2 rings (SSSR count). The fraction of sp³-hybridized carbons (Fsp3) is 0.133. The molecule has 0 aromatic heterocycles. The Kier molecular flexibility index (Phi) is 4.47. The number of halogens is 1. The van der Waals surface area contributed by atoms with Crippen molar-refractivity contribution < 1.29 is 4.74 Å². The average molecular weight is 307 g/mol. The van der Waals surface area contributed by atoms with Crippen molar-refractivity contribution in [3.05, 3.63) is 52.5 Å². The van der Waals surface area contributed by atoms with Crippen LogP contribution in [0.4, 0.5) is 5.69 Å². The summed E-state index contributed by atoms with van der Waals surface area (Å²) >= 11 is 11.0. The zero-order valence-corrected chi connectivity index (χ0v) is 12.8. The lowest BCUT2D eigenvalue weighted by Crippen LogP contribution is -2.18. The van der Waals surface area contributed by atoms with Crippen molar-refractivity contribution in [1.29, 1.82) is 0 Å². The van der Waals surface area contributed by atoms with Crippen LogP contribution in [0.15, 0.2) is 36.4 Å². The summed E-state index contributed by atoms with van der Waals surface area (Å²) < 4.78 is 5.86. The number of nitrogens with two attached hydrogens (primary N) is 1. The molecule has 0 aliphatic rings. The third-order valence-electron chi connectivity index (χ3n) is 2.76. The number of ether oxygens (including phenoxy) is 1. The summed E-state index contributed by atoms with van der Waals surface area (Å²) in [6, 6.07) is 11.4. The third-order valence-corrected chi connectivity index (χ3v) is 3.16. The van der Waals surface area contributed by atoms with Gasteiger partial charge in [0.15, 0.2) is 5.11 Å². The fourth-order valence-electron chi connectivity index (χ4n) is 1.74. The van der Waals surface area contributed by atoms with E-state index in [1.54, 1.807) is 12.1 Å². The van der Waals surface area contributed by atoms with Crippen LogP contribution in [-0.2, 0) is 0 Å². The highest BCUT2D eigenvalue weighted by Gasteiger charge is 2.07. The molecule has 0 spiro atoms. The van der Waals surface area contributed by atoms with Crippen molar-refractivity contribution in [2.24, 2.45) is 5.73 Å². The van der Waals surface area contributed by atoms with Crippen LogP contribution >= 0.6 is 23.8 Å². The van der Waals surface area contributed by atoms with E-state index in [4.69, 9.17) is 34.3 Å². The smallest absolute Gasteiger partial charge is 0.168 e. The monoisotopic (exact) mass is 306 g/mol. The Labute approximate surface area is 128 Å². The molecule has 0 aliphatic heterocycles. The normalized spacial score (nSPS) is 10.2. The van der Waals surface area contributed by atoms with E-state index in [-0.39, 0.29) is 5.11 Å². The van der Waals surface area contributed by atoms with Gasteiger partial charge in [-0.2, -0.15) is 0 Å². The van der Waals surface area contributed by atoms with Crippen molar-refractivity contribution in [2.45, 2.75) is 13.8 Å². The van der Waals surface area contributed by atoms with E-state index >= 15 is 0 Å². The molecule has 0 amide bonds. The van der Waals surface area contributed by atoms with Gasteiger partial charge in [0, 0.05) is 5.69 Å². The molecule has 2 aromatic rings. The largest absolute Gasteiger partial charge is 0.456 e. The molecule has 0 unspecified atom stereocenters. The molecule has 0 bridgehead atoms. The molecule has 2 aromatic carbocycles. The van der Waals surface area contributed by atoms with Gasteiger partial charge in [-0.05, 0) is 61.5 Å². The van der Waals surface area contributed by atoms with E-state index in [1.807, 2.05) is 38.1 Å². The van der Waals surface area contributed by atoms with Crippen LogP contribution < -0.4 is 15.8 Å². The van der Waals surface area contributed by atoms with Crippen LogP contribution in [0.3, 0.4) is 0 Å². The quantitative estimate of drug-likeness (QED) is 0.825. The van der Waals surface area contributed by atoms with Crippen LogP contribution in [0.5, 0.6) is 11.5 Å². The first-order valence-electron chi connectivity index (χ1n) is 6.07. The minimum atomic E-state index is 0.198. The Hall–Kier alpha value is -1.78. The van der Waals surface area contributed by atoms with Crippen molar-refractivity contribution in [2.75, 3.05) is 5.32 Å². The molecule has 0 aliphatic carbocycles. The third kappa shape index (κ3) is 3.62. The Morgan fingerprint density at radius 3 is 2.55 bits per heavy atom. The van der Waals surface area contributed by atoms with Crippen LogP contribution in [-0.4, -0.2) is 5.11 Å². The number of rotatable bonds is 3. The van der Waals surface area contributed by atoms with E-state index in [0.717, 1.165) is 22.6 Å². The van der Waals surface area contributed by atoms with Crippen molar-refractivity contribution in [1.82, 2.24) is 0 Å². The van der Waals surface area contributed by atoms with E-state index in [0.29, 0.717) is 10.8 Å². The molecule has 5 heteroatoms. The van der Waals surface area contributed by atoms with Gasteiger partial charge in [0.2, 0.25) is 0 Å². The number of thiocarbonyl (C=S) groups is 1. The summed E-state index contributed by atoms with van der Waals surface area (Å²) in [6.07, 6.45) is 0. The summed E-state index contributed by atoms with van der Waals surface area (Å²) in [5, 5.41) is 3.52. The van der Waals surface area contributed by atoms with Gasteiger partial charge in [-0.25, -0.2) is 0 Å². The number of benzene rings is 2. The van der Waals surface area contributed by atoms with Crippen molar-refractivity contribution in [3.8, 4) is 11.5 Å². The zero-order chi connectivity index (χ0) is 14.7. The first-order chi connectivity index (χ1) is 9.45. The minimum Gasteiger partial charge on any atom is -0.456 e. The van der Waals surface area contributed by atoms with Gasteiger partial charge in [-0.15, -0.1) is 0 Å². The molecule has 20 heavy (non-hydrogen) atoms. The minimum absolute atomic E-state index is 0.198. The van der Waals surface area contributed by atoms with Crippen LogP contribution in [0.1, 0.15) is 11.1 Å². The molecule has 104 valence electrons. The second-order valence-electron chi connectivity index (χ2n) is 4.51. The van der Waals surface area contributed by atoms with Gasteiger partial charge in [-0.3, -0.25) is 0 Å². The van der Waals surface area contributed by atoms with E-state index < -0.39 is 0 Å². The molecule has 0 saturated heterocycles. The Morgan fingerprint density at radius 1 is 1.15 bits per heavy atom. The molecule has 0 atom stereocenters. The Bertz CT molecular complexity index is 658. The summed E-state index contributed by atoms with van der Waals surface area (Å²) in [4.78, 5) is 0. The van der Waals surface area contributed by atoms with Crippen molar-refractivity contribution in [3.63, 3.8) is 0 Å². The lowest BCUT2D eigenvalue weighted by molar-refractivity contribution is 0.479. The first-order valence-corrected chi connectivity index (χ1v) is 6.85. The van der Waals surface area contributed by atoms with Crippen LogP contribution in [0.25, 0.3) is 0 Å². The van der Waals surface area contributed by atoms with Crippen LogP contribution in [0, 0.1) is 13.8 Å². The van der Waals surface area contributed by atoms with Gasteiger partial charge >= 0.3 is 0 Å². The SMILES string of the molecule is Cc1ccc(C)c(Oc2ccc(NC(N)=S)cc2Cl)c1. The lowest BCUT2D eigenvalue weighted by atomic mass is 10.1. The highest BCUT2D eigenvalue weighted by molar-refractivity contribution is 7.80. The molecule has 3 nitrogen and oxygen atoms in total. The van der Waals surface area contributed by atoms with Crippen molar-refractivity contribution >= 4 is 34.6 Å². The van der Waals surface area contributed by atoms with Gasteiger partial charge in [0.05, 0.1) is 5.02 Å². The molecular formula is C15H15ClN2OS. The highest BCUT2D eigenvalue weighted by Crippen LogP contribution is 2.33. The number of hydrogen-bond acceptors (Lipinski definition) is 2. The lowest BCUT2D eigenvalue weighted by Gasteiger charge is -2.12. The number of nitrogens with one attached hydrogen (secondary N) is 1. The second kappa shape index (κ2) is 6.11. The number of hydrogen-bond donors (Lipinski definition) is 2. The molecule has 0 fully saturated rings. The summed E-state index contributed by atoms with van der Waals surface area (Å²) in [7, 11) is 0. The predicted molar refractivity (Wildman–Crippen MR) is 87.9 cm³/mol. The van der Waals surface area contributed by atoms with Gasteiger partial charge in [0.25, 0.3) is 0 Å². The fourth-order valence-corrected chi connectivity index (χ4v) is 2.08. The topological polar surface area (TPSA) is 47.3 Å². The van der Waals surface area contributed by atoms with Crippen LogP contribution in [0.2, 0.25) is 5.02 Å². The number of anilines is 1. The van der Waals surface area contributed by atoms with E-state index in [9.17, 15) is 0 Å². The molecule has 0 radical (unpaired) electrons. The maximum Gasteiger partial charge on any atom is 0.168 e. The highest BCUT2D eigenvalue weighted by atomic mass is 35.5. The first kappa shape index (κ1) is 14.6. The summed E-state index contributed by atoms with van der Waals surface area (Å²) in [5.74, 6) is 1.39. The molecule has 0 saturated carbocycles. The van der Waals surface area contributed by atoms with Gasteiger partial charge in [0.1, 0.15) is 11.5 Å². The molecule has 0 heterocycles. The van der Waals surface area contributed by atoms with E-state index in [2.05, 4.69) is 5.32 Å². The molecular weight excluding hydrogens is 292 g/mol. The number of aryl methyl sites for hydroxylation is 2. The Morgan fingerprint density at radius 2 is 1.90 bits per heavy atom. The predicted octanol–water partition coefficient (Wildman–Crippen LogP) is 4.40. The summed E-state index contributed by atoms with van der Waals surface area (Å²) in [5.41, 5.74) is 8.34. The standard InChI is InChI=1S/C15H15ClN2OS/c1-9-3-4-10(2)14(7-9)19-13-6-5-11(8-12(13)16)18-15(17)20/h3-8H,1-2H3,(H3,17,18,20).